The van der Waals surface area contributed by atoms with E-state index >= 15 is 0 Å². The molecule has 0 aromatic heterocycles. The van der Waals surface area contributed by atoms with Gasteiger partial charge in [-0.25, -0.2) is 0 Å². The second kappa shape index (κ2) is 5.57. The smallest absolute Gasteiger partial charge is 0.312 e. The molecule has 17 heavy (non-hydrogen) atoms. The highest BCUT2D eigenvalue weighted by molar-refractivity contribution is 4.80. The first-order valence-electron chi connectivity index (χ1n) is 6.20. The number of likely N-dealkylation sites (tertiary alicyclic amines) is 1. The van der Waals surface area contributed by atoms with Gasteiger partial charge in [0.25, 0.3) is 0 Å². The molecule has 0 aromatic rings. The average Bonchev–Trinajstić information content (AvgIpc) is 2.57. The highest BCUT2D eigenvalue weighted by Crippen LogP contribution is 2.22. The predicted molar refractivity (Wildman–Crippen MR) is 63.0 cm³/mol. The highest BCUT2D eigenvalue weighted by Gasteiger charge is 2.30. The summed E-state index contributed by atoms with van der Waals surface area (Å²) in [5, 5.41) is 3.41. The van der Waals surface area contributed by atoms with Gasteiger partial charge in [0.05, 0.1) is 6.42 Å². The highest BCUT2D eigenvalue weighted by atomic mass is 19.4. The van der Waals surface area contributed by atoms with Crippen molar-refractivity contribution < 1.29 is 13.2 Å². The molecule has 0 amide bonds. The van der Waals surface area contributed by atoms with Crippen molar-refractivity contribution in [3.05, 3.63) is 0 Å². The van der Waals surface area contributed by atoms with Crippen molar-refractivity contribution in [2.75, 3.05) is 26.2 Å². The number of nitrogens with one attached hydrogen (secondary N) is 1. The molecule has 1 aliphatic heterocycles. The van der Waals surface area contributed by atoms with E-state index < -0.39 is 12.6 Å². The maximum absolute atomic E-state index is 12.1. The summed E-state index contributed by atoms with van der Waals surface area (Å²) in [7, 11) is 0. The van der Waals surface area contributed by atoms with Gasteiger partial charge in [-0.05, 0) is 46.2 Å². The molecule has 1 saturated heterocycles. The molecule has 1 unspecified atom stereocenters. The van der Waals surface area contributed by atoms with Gasteiger partial charge in [-0.1, -0.05) is 0 Å². The van der Waals surface area contributed by atoms with Crippen LogP contribution in [0.1, 0.15) is 33.6 Å². The van der Waals surface area contributed by atoms with Crippen LogP contribution in [0.5, 0.6) is 0 Å². The van der Waals surface area contributed by atoms with E-state index in [0.717, 1.165) is 26.1 Å². The maximum atomic E-state index is 12.1. The van der Waals surface area contributed by atoms with Crippen LogP contribution in [0, 0.1) is 5.92 Å². The fourth-order valence-corrected chi connectivity index (χ4v) is 2.02. The van der Waals surface area contributed by atoms with Gasteiger partial charge in [0.15, 0.2) is 0 Å². The van der Waals surface area contributed by atoms with Crippen molar-refractivity contribution in [2.45, 2.75) is 45.3 Å². The molecule has 0 aliphatic carbocycles. The Labute approximate surface area is 102 Å². The van der Waals surface area contributed by atoms with Crippen molar-refractivity contribution in [1.29, 1.82) is 0 Å². The molecule has 102 valence electrons. The molecule has 1 fully saturated rings. The molecule has 0 bridgehead atoms. The standard InChI is InChI=1S/C12H23F3N2/c1-11(2,3)16-8-10-4-6-17(9-10)7-5-12(13,14)15/h10,16H,4-9H2,1-3H3. The Morgan fingerprint density at radius 2 is 1.88 bits per heavy atom. The van der Waals surface area contributed by atoms with Crippen molar-refractivity contribution >= 4 is 0 Å². The summed E-state index contributed by atoms with van der Waals surface area (Å²) in [4.78, 5) is 1.92. The van der Waals surface area contributed by atoms with Crippen LogP contribution in [0.15, 0.2) is 0 Å². The normalized spacial score (nSPS) is 23.3. The topological polar surface area (TPSA) is 15.3 Å². The van der Waals surface area contributed by atoms with Gasteiger partial charge in [0.2, 0.25) is 0 Å². The molecule has 1 heterocycles. The minimum Gasteiger partial charge on any atom is -0.312 e. The van der Waals surface area contributed by atoms with Crippen LogP contribution in [-0.2, 0) is 0 Å². The maximum Gasteiger partial charge on any atom is 0.390 e. The minimum absolute atomic E-state index is 0.0827. The van der Waals surface area contributed by atoms with Gasteiger partial charge in [-0.15, -0.1) is 0 Å². The lowest BCUT2D eigenvalue weighted by Gasteiger charge is -2.23. The summed E-state index contributed by atoms with van der Waals surface area (Å²) in [5.74, 6) is 0.488. The second-order valence-corrected chi connectivity index (χ2v) is 5.95. The lowest BCUT2D eigenvalue weighted by atomic mass is 10.1. The molecule has 1 aliphatic rings. The van der Waals surface area contributed by atoms with Crippen molar-refractivity contribution in [3.8, 4) is 0 Å². The molecule has 0 aromatic carbocycles. The summed E-state index contributed by atoms with van der Waals surface area (Å²) in [6, 6.07) is 0. The molecule has 5 heteroatoms. The Morgan fingerprint density at radius 1 is 1.24 bits per heavy atom. The Bertz CT molecular complexity index is 209. The Hall–Kier alpha value is -0.290. The van der Waals surface area contributed by atoms with Crippen molar-refractivity contribution in [2.24, 2.45) is 5.92 Å². The zero-order valence-corrected chi connectivity index (χ0v) is 10.9. The average molecular weight is 252 g/mol. The third kappa shape index (κ3) is 6.88. The number of rotatable bonds is 4. The zero-order valence-electron chi connectivity index (χ0n) is 10.9. The van der Waals surface area contributed by atoms with Gasteiger partial charge >= 0.3 is 6.18 Å². The number of halogens is 3. The largest absolute Gasteiger partial charge is 0.390 e. The molecule has 0 spiro atoms. The number of hydrogen-bond donors (Lipinski definition) is 1. The summed E-state index contributed by atoms with van der Waals surface area (Å²) >= 11 is 0. The summed E-state index contributed by atoms with van der Waals surface area (Å²) in [5.41, 5.74) is 0.0827. The van der Waals surface area contributed by atoms with Gasteiger partial charge in [-0.2, -0.15) is 13.2 Å². The second-order valence-electron chi connectivity index (χ2n) is 5.95. The van der Waals surface area contributed by atoms with Crippen LogP contribution in [0.3, 0.4) is 0 Å². The fourth-order valence-electron chi connectivity index (χ4n) is 2.02. The first kappa shape index (κ1) is 14.8. The van der Waals surface area contributed by atoms with Crippen LogP contribution in [0.4, 0.5) is 13.2 Å². The van der Waals surface area contributed by atoms with E-state index in [0.29, 0.717) is 5.92 Å². The summed E-state index contributed by atoms with van der Waals surface area (Å²) < 4.78 is 36.2. The van der Waals surface area contributed by atoms with Crippen LogP contribution in [0.2, 0.25) is 0 Å². The van der Waals surface area contributed by atoms with E-state index in [-0.39, 0.29) is 12.1 Å². The van der Waals surface area contributed by atoms with Crippen LogP contribution in [0.25, 0.3) is 0 Å². The number of hydrogen-bond acceptors (Lipinski definition) is 2. The van der Waals surface area contributed by atoms with E-state index in [2.05, 4.69) is 26.1 Å². The van der Waals surface area contributed by atoms with Crippen LogP contribution >= 0.6 is 0 Å². The Morgan fingerprint density at radius 3 is 2.41 bits per heavy atom. The first-order chi connectivity index (χ1) is 7.66. The summed E-state index contributed by atoms with van der Waals surface area (Å²) in [6.07, 6.45) is -3.71. The lowest BCUT2D eigenvalue weighted by molar-refractivity contribution is -0.137. The quantitative estimate of drug-likeness (QED) is 0.827. The first-order valence-corrected chi connectivity index (χ1v) is 6.20. The minimum atomic E-state index is -4.03. The molecular formula is C12H23F3N2. The number of nitrogens with zero attached hydrogens (tertiary/aromatic N) is 1. The molecule has 0 saturated carbocycles. The predicted octanol–water partition coefficient (Wildman–Crippen LogP) is 2.65. The Kier molecular flexibility index (Phi) is 4.84. The third-order valence-electron chi connectivity index (χ3n) is 3.00. The molecule has 2 nitrogen and oxygen atoms in total. The molecule has 0 radical (unpaired) electrons. The fraction of sp³-hybridized carbons (Fsp3) is 1.00. The zero-order chi connectivity index (χ0) is 13.1. The van der Waals surface area contributed by atoms with E-state index in [9.17, 15) is 13.2 Å². The van der Waals surface area contributed by atoms with Gasteiger partial charge < -0.3 is 10.2 Å². The van der Waals surface area contributed by atoms with E-state index in [1.807, 2.05) is 4.90 Å². The SMILES string of the molecule is CC(C)(C)NCC1CCN(CCC(F)(F)F)C1. The molecule has 1 N–H and O–H groups in total. The third-order valence-corrected chi connectivity index (χ3v) is 3.00. The van der Waals surface area contributed by atoms with Gasteiger partial charge in [0.1, 0.15) is 0 Å². The van der Waals surface area contributed by atoms with E-state index in [1.54, 1.807) is 0 Å². The van der Waals surface area contributed by atoms with E-state index in [1.165, 1.54) is 0 Å². The van der Waals surface area contributed by atoms with Crippen molar-refractivity contribution in [1.82, 2.24) is 10.2 Å². The molecule has 1 rings (SSSR count). The number of alkyl halides is 3. The van der Waals surface area contributed by atoms with Crippen molar-refractivity contribution in [3.63, 3.8) is 0 Å². The summed E-state index contributed by atoms with van der Waals surface area (Å²) in [6.45, 7) is 8.93. The Balaban J connectivity index is 2.19. The van der Waals surface area contributed by atoms with Crippen LogP contribution < -0.4 is 5.32 Å². The van der Waals surface area contributed by atoms with Crippen LogP contribution in [-0.4, -0.2) is 42.8 Å². The monoisotopic (exact) mass is 252 g/mol. The van der Waals surface area contributed by atoms with E-state index in [4.69, 9.17) is 0 Å². The molecule has 1 atom stereocenters. The van der Waals surface area contributed by atoms with Gasteiger partial charge in [0, 0.05) is 18.6 Å². The van der Waals surface area contributed by atoms with Gasteiger partial charge in [-0.3, -0.25) is 0 Å². The molecular weight excluding hydrogens is 229 g/mol. The lowest BCUT2D eigenvalue weighted by Crippen LogP contribution is -2.39.